The van der Waals surface area contributed by atoms with Crippen LogP contribution in [0.5, 0.6) is 28.7 Å². The molecule has 0 aromatic heterocycles. The summed E-state index contributed by atoms with van der Waals surface area (Å²) in [5, 5.41) is 11.1. The summed E-state index contributed by atoms with van der Waals surface area (Å²) in [6.07, 6.45) is 0.724. The van der Waals surface area contributed by atoms with Crippen LogP contribution in [0.2, 0.25) is 13.1 Å². The summed E-state index contributed by atoms with van der Waals surface area (Å²) in [4.78, 5) is 13.5. The third-order valence-corrected chi connectivity index (χ3v) is 9.81. The number of benzene rings is 3. The summed E-state index contributed by atoms with van der Waals surface area (Å²) in [6, 6.07) is 17.3. The number of ether oxygens (including phenoxy) is 5. The summed E-state index contributed by atoms with van der Waals surface area (Å²) in [5.74, 6) is 0.850. The Morgan fingerprint density at radius 2 is 1.73 bits per heavy atom. The van der Waals surface area contributed by atoms with Gasteiger partial charge in [0.05, 0.1) is 25.7 Å². The zero-order valence-corrected chi connectivity index (χ0v) is 28.8. The molecule has 0 radical (unpaired) electrons. The molecule has 1 N–H and O–H groups in total. The van der Waals surface area contributed by atoms with Crippen LogP contribution in [0.4, 0.5) is 0 Å². The number of hydrogen-bond donors (Lipinski definition) is 1. The van der Waals surface area contributed by atoms with Gasteiger partial charge in [0.1, 0.15) is 23.9 Å². The molecule has 0 bridgehead atoms. The van der Waals surface area contributed by atoms with Gasteiger partial charge >= 0.3 is 5.97 Å². The van der Waals surface area contributed by atoms with Crippen molar-refractivity contribution >= 4 is 15.0 Å². The van der Waals surface area contributed by atoms with Gasteiger partial charge < -0.3 is 33.2 Å². The van der Waals surface area contributed by atoms with Gasteiger partial charge in [0.25, 0.3) is 0 Å². The van der Waals surface area contributed by atoms with E-state index in [0.717, 1.165) is 28.7 Å². The molecule has 45 heavy (non-hydrogen) atoms. The summed E-state index contributed by atoms with van der Waals surface area (Å²) in [6.45, 7) is 15.8. The SMILES string of the molecule is CCCOc1ccc2c(c1)[C@@H](c1ccc(OC)cc1OCC(O[SiH](C)C)C(C)(C)C)[C@@H](C(=O)O)[C@@]2(C)c1ccc2c(c1)OCO2. The van der Waals surface area contributed by atoms with Crippen molar-refractivity contribution in [3.63, 3.8) is 0 Å². The average molecular weight is 635 g/mol. The molecule has 3 aromatic carbocycles. The normalized spacial score (nSPS) is 21.0. The minimum atomic E-state index is -1.36. The number of aliphatic carboxylic acids is 1. The quantitative estimate of drug-likeness (QED) is 0.210. The second kappa shape index (κ2) is 13.0. The number of fused-ring (bicyclic) bond motifs is 2. The van der Waals surface area contributed by atoms with Crippen LogP contribution in [0.25, 0.3) is 0 Å². The van der Waals surface area contributed by atoms with Crippen molar-refractivity contribution in [2.24, 2.45) is 11.3 Å². The van der Waals surface area contributed by atoms with Gasteiger partial charge in [0.2, 0.25) is 6.79 Å². The van der Waals surface area contributed by atoms with E-state index >= 15 is 0 Å². The van der Waals surface area contributed by atoms with Crippen LogP contribution in [0.1, 0.15) is 69.2 Å². The molecule has 0 spiro atoms. The average Bonchev–Trinajstić information content (AvgIpc) is 3.57. The van der Waals surface area contributed by atoms with Gasteiger partial charge in [-0.3, -0.25) is 4.79 Å². The Balaban J connectivity index is 1.68. The highest BCUT2D eigenvalue weighted by atomic mass is 28.3. The van der Waals surface area contributed by atoms with Crippen LogP contribution in [-0.2, 0) is 14.6 Å². The fraction of sp³-hybridized carbons (Fsp3) is 0.472. The van der Waals surface area contributed by atoms with Crippen LogP contribution in [-0.4, -0.2) is 53.3 Å². The van der Waals surface area contributed by atoms with E-state index in [0.29, 0.717) is 42.0 Å². The van der Waals surface area contributed by atoms with Crippen LogP contribution < -0.4 is 23.7 Å². The van der Waals surface area contributed by atoms with E-state index in [1.54, 1.807) is 7.11 Å². The molecule has 0 saturated heterocycles. The van der Waals surface area contributed by atoms with Gasteiger partial charge in [0.15, 0.2) is 20.5 Å². The van der Waals surface area contributed by atoms with Crippen LogP contribution in [0.3, 0.4) is 0 Å². The first-order valence-electron chi connectivity index (χ1n) is 15.7. The van der Waals surface area contributed by atoms with Gasteiger partial charge in [-0.15, -0.1) is 0 Å². The minimum absolute atomic E-state index is 0.137. The maximum Gasteiger partial charge on any atom is 0.308 e. The second-order valence-corrected chi connectivity index (χ2v) is 15.8. The smallest absolute Gasteiger partial charge is 0.308 e. The lowest BCUT2D eigenvalue weighted by atomic mass is 9.68. The Bertz CT molecular complexity index is 1530. The third-order valence-electron chi connectivity index (χ3n) is 8.93. The topological polar surface area (TPSA) is 92.7 Å². The minimum Gasteiger partial charge on any atom is -0.497 e. The van der Waals surface area contributed by atoms with Gasteiger partial charge in [0, 0.05) is 23.0 Å². The van der Waals surface area contributed by atoms with Crippen molar-refractivity contribution in [2.75, 3.05) is 27.1 Å². The lowest BCUT2D eigenvalue weighted by Crippen LogP contribution is -2.38. The predicted molar refractivity (Wildman–Crippen MR) is 176 cm³/mol. The number of carbonyl (C=O) groups is 1. The lowest BCUT2D eigenvalue weighted by molar-refractivity contribution is -0.143. The molecule has 8 nitrogen and oxygen atoms in total. The summed E-state index contributed by atoms with van der Waals surface area (Å²) in [7, 11) is 0.252. The van der Waals surface area contributed by atoms with E-state index in [9.17, 15) is 9.90 Å². The molecule has 2 aliphatic rings. The molecule has 5 rings (SSSR count). The van der Waals surface area contributed by atoms with E-state index in [1.807, 2.05) is 61.5 Å². The van der Waals surface area contributed by atoms with Crippen LogP contribution in [0.15, 0.2) is 54.6 Å². The highest BCUT2D eigenvalue weighted by Gasteiger charge is 2.55. The Labute approximate surface area is 268 Å². The molecule has 1 heterocycles. The monoisotopic (exact) mass is 634 g/mol. The van der Waals surface area contributed by atoms with E-state index in [1.165, 1.54) is 0 Å². The molecule has 1 aliphatic carbocycles. The summed E-state index contributed by atoms with van der Waals surface area (Å²) < 4.78 is 36.0. The standard InChI is InChI=1S/C36H46O8Si/c1-9-16-40-24-12-14-27-26(18-24)32(33(34(37)38)36(27,5)22-10-15-28-30(17-22)43-21-42-28)25-13-11-23(39-6)19-29(25)41-20-31(35(2,3)4)44-45(7)8/h10-15,17-19,31-33,45H,9,16,20-21H2,1-8H3,(H,37,38)/t31?,32-,33+,36+/m1/s1. The first-order chi connectivity index (χ1) is 21.4. The second-order valence-electron chi connectivity index (χ2n) is 13.4. The molecular formula is C36H46O8Si. The molecule has 3 aromatic rings. The molecule has 1 aliphatic heterocycles. The summed E-state index contributed by atoms with van der Waals surface area (Å²) >= 11 is 0. The van der Waals surface area contributed by atoms with E-state index in [2.05, 4.69) is 40.8 Å². The Morgan fingerprint density at radius 3 is 2.40 bits per heavy atom. The first kappa shape index (κ1) is 32.7. The molecule has 4 atom stereocenters. The number of hydrogen-bond acceptors (Lipinski definition) is 7. The van der Waals surface area contributed by atoms with Crippen LogP contribution >= 0.6 is 0 Å². The van der Waals surface area contributed by atoms with Gasteiger partial charge in [-0.2, -0.15) is 0 Å². The zero-order chi connectivity index (χ0) is 32.5. The molecule has 1 unspecified atom stereocenters. The van der Waals surface area contributed by atoms with Gasteiger partial charge in [-0.05, 0) is 72.0 Å². The van der Waals surface area contributed by atoms with E-state index < -0.39 is 32.3 Å². The summed E-state index contributed by atoms with van der Waals surface area (Å²) in [5.41, 5.74) is 2.37. The first-order valence-corrected chi connectivity index (χ1v) is 18.5. The Kier molecular flexibility index (Phi) is 9.42. The van der Waals surface area contributed by atoms with E-state index in [4.69, 9.17) is 28.1 Å². The Hall–Kier alpha value is -3.69. The van der Waals surface area contributed by atoms with Crippen molar-refractivity contribution in [1.82, 2.24) is 0 Å². The predicted octanol–water partition coefficient (Wildman–Crippen LogP) is 7.16. The highest BCUT2D eigenvalue weighted by molar-refractivity contribution is 6.48. The van der Waals surface area contributed by atoms with Gasteiger partial charge in [-0.25, -0.2) is 0 Å². The molecule has 0 fully saturated rings. The molecule has 0 amide bonds. The fourth-order valence-electron chi connectivity index (χ4n) is 6.56. The fourth-order valence-corrected chi connectivity index (χ4v) is 7.71. The van der Waals surface area contributed by atoms with Gasteiger partial charge in [-0.1, -0.05) is 52.8 Å². The third kappa shape index (κ3) is 6.38. The van der Waals surface area contributed by atoms with Crippen molar-refractivity contribution in [1.29, 1.82) is 0 Å². The van der Waals surface area contributed by atoms with Crippen LogP contribution in [0, 0.1) is 11.3 Å². The number of methoxy groups -OCH3 is 1. The molecular weight excluding hydrogens is 588 g/mol. The number of rotatable bonds is 12. The number of carboxylic acid groups (broad SMARTS) is 1. The largest absolute Gasteiger partial charge is 0.497 e. The molecule has 242 valence electrons. The molecule has 9 heteroatoms. The van der Waals surface area contributed by atoms with Crippen molar-refractivity contribution < 1.29 is 38.0 Å². The van der Waals surface area contributed by atoms with E-state index in [-0.39, 0.29) is 18.3 Å². The maximum absolute atomic E-state index is 13.5. The van der Waals surface area contributed by atoms with Crippen molar-refractivity contribution in [2.45, 2.75) is 71.6 Å². The van der Waals surface area contributed by atoms with Crippen molar-refractivity contribution in [3.8, 4) is 28.7 Å². The number of carboxylic acids is 1. The highest BCUT2D eigenvalue weighted by Crippen LogP contribution is 2.59. The Morgan fingerprint density at radius 1 is 1.00 bits per heavy atom. The lowest BCUT2D eigenvalue weighted by Gasteiger charge is -2.34. The zero-order valence-electron chi connectivity index (χ0n) is 27.6. The molecule has 0 saturated carbocycles. The maximum atomic E-state index is 13.5. The van der Waals surface area contributed by atoms with Crippen molar-refractivity contribution in [3.05, 3.63) is 76.9 Å².